The molecule has 3 aromatic rings. The van der Waals surface area contributed by atoms with Gasteiger partial charge in [0.15, 0.2) is 5.69 Å². The number of nitrogens with one attached hydrogen (secondary N) is 1. The van der Waals surface area contributed by atoms with Crippen LogP contribution in [0.25, 0.3) is 0 Å². The zero-order chi connectivity index (χ0) is 24.2. The first kappa shape index (κ1) is 23.8. The lowest BCUT2D eigenvalue weighted by atomic mass is 10.1. The molecule has 2 aromatic carbocycles. The van der Waals surface area contributed by atoms with Gasteiger partial charge in [-0.05, 0) is 48.9 Å². The summed E-state index contributed by atoms with van der Waals surface area (Å²) in [4.78, 5) is 18.0. The van der Waals surface area contributed by atoms with E-state index in [1.807, 2.05) is 6.07 Å². The Bertz CT molecular complexity index is 1220. The summed E-state index contributed by atoms with van der Waals surface area (Å²) in [6.07, 6.45) is -3.56. The molecule has 0 aliphatic carbocycles. The lowest BCUT2D eigenvalue weighted by Gasteiger charge is -2.21. The van der Waals surface area contributed by atoms with Crippen LogP contribution in [0.5, 0.6) is 5.75 Å². The van der Waals surface area contributed by atoms with Gasteiger partial charge in [-0.15, -0.1) is 13.2 Å². The Morgan fingerprint density at radius 2 is 1.97 bits per heavy atom. The maximum Gasteiger partial charge on any atom is 0.573 e. The molecule has 0 bridgehead atoms. The lowest BCUT2D eigenvalue weighted by molar-refractivity contribution is -0.274. The van der Waals surface area contributed by atoms with Gasteiger partial charge in [0.2, 0.25) is 0 Å². The second kappa shape index (κ2) is 9.74. The molecule has 172 valence electrons. The third kappa shape index (κ3) is 6.33. The SMILES string of the molecule is Cc1oc(N(Cc2cccc(OC(F)(F)F)c2)c2ccc(C#N)cc2)nc1C(=O)NS(C)=O. The van der Waals surface area contributed by atoms with E-state index in [9.17, 15) is 22.2 Å². The van der Waals surface area contributed by atoms with Crippen molar-refractivity contribution in [3.8, 4) is 11.8 Å². The molecule has 12 heteroatoms. The number of nitrogens with zero attached hydrogens (tertiary/aromatic N) is 3. The van der Waals surface area contributed by atoms with Crippen molar-refractivity contribution in [1.29, 1.82) is 5.26 Å². The van der Waals surface area contributed by atoms with Crippen molar-refractivity contribution in [3.05, 3.63) is 71.1 Å². The second-order valence-electron chi connectivity index (χ2n) is 6.73. The second-order valence-corrected chi connectivity index (χ2v) is 7.84. The first-order chi connectivity index (χ1) is 15.6. The maximum atomic E-state index is 12.6. The molecule has 0 fully saturated rings. The molecular weight excluding hydrogens is 461 g/mol. The summed E-state index contributed by atoms with van der Waals surface area (Å²) in [5, 5.41) is 9.05. The molecule has 1 aromatic heterocycles. The molecule has 1 N–H and O–H groups in total. The molecule has 0 saturated heterocycles. The lowest BCUT2D eigenvalue weighted by Crippen LogP contribution is -2.25. The fraction of sp³-hybridized carbons (Fsp3) is 0.190. The van der Waals surface area contributed by atoms with Crippen molar-refractivity contribution < 1.29 is 31.3 Å². The number of amides is 1. The Morgan fingerprint density at radius 3 is 2.58 bits per heavy atom. The van der Waals surface area contributed by atoms with Crippen molar-refractivity contribution in [1.82, 2.24) is 9.71 Å². The molecule has 8 nitrogen and oxygen atoms in total. The van der Waals surface area contributed by atoms with Crippen LogP contribution in [0.2, 0.25) is 0 Å². The first-order valence-electron chi connectivity index (χ1n) is 9.30. The highest BCUT2D eigenvalue weighted by atomic mass is 32.2. The van der Waals surface area contributed by atoms with Crippen LogP contribution in [-0.2, 0) is 17.5 Å². The minimum absolute atomic E-state index is 0.00166. The summed E-state index contributed by atoms with van der Waals surface area (Å²) < 4.78 is 61.0. The highest BCUT2D eigenvalue weighted by molar-refractivity contribution is 7.82. The number of benzene rings is 2. The molecule has 1 amide bonds. The number of ether oxygens (including phenoxy) is 1. The van der Waals surface area contributed by atoms with E-state index in [1.54, 1.807) is 30.3 Å². The molecule has 3 rings (SSSR count). The van der Waals surface area contributed by atoms with Gasteiger partial charge in [0.1, 0.15) is 22.5 Å². The van der Waals surface area contributed by atoms with Crippen LogP contribution in [-0.4, -0.2) is 27.7 Å². The number of carbonyl (C=O) groups is 1. The standard InChI is InChI=1S/C21H17F3N4O4S/c1-13-18(19(29)27-33(2)30)26-20(31-13)28(16-8-6-14(11-25)7-9-16)12-15-4-3-5-17(10-15)32-21(22,23)24/h3-10H,12H2,1-2H3,(H,27,29). The minimum atomic E-state index is -4.84. The van der Waals surface area contributed by atoms with Crippen molar-refractivity contribution in [2.24, 2.45) is 0 Å². The van der Waals surface area contributed by atoms with Gasteiger partial charge in [-0.25, -0.2) is 4.21 Å². The third-order valence-electron chi connectivity index (χ3n) is 4.25. The topological polar surface area (TPSA) is 108 Å². The van der Waals surface area contributed by atoms with Crippen LogP contribution in [0.15, 0.2) is 52.9 Å². The van der Waals surface area contributed by atoms with Gasteiger partial charge in [0.05, 0.1) is 18.2 Å². The molecular formula is C21H17F3N4O4S. The van der Waals surface area contributed by atoms with Gasteiger partial charge in [-0.2, -0.15) is 10.2 Å². The number of hydrogen-bond donors (Lipinski definition) is 1. The average Bonchev–Trinajstić information content (AvgIpc) is 3.12. The van der Waals surface area contributed by atoms with Crippen LogP contribution in [0.3, 0.4) is 0 Å². The molecule has 0 spiro atoms. The number of halogens is 3. The van der Waals surface area contributed by atoms with Crippen molar-refractivity contribution in [3.63, 3.8) is 0 Å². The molecule has 0 saturated carbocycles. The Kier molecular flexibility index (Phi) is 7.03. The molecule has 1 unspecified atom stereocenters. The normalized spacial score (nSPS) is 12.0. The van der Waals surface area contributed by atoms with Gasteiger partial charge in [-0.1, -0.05) is 12.1 Å². The molecule has 0 aliphatic heterocycles. The molecule has 0 radical (unpaired) electrons. The van der Waals surface area contributed by atoms with Gasteiger partial charge < -0.3 is 9.15 Å². The van der Waals surface area contributed by atoms with Gasteiger partial charge in [0, 0.05) is 11.9 Å². The van der Waals surface area contributed by atoms with E-state index in [-0.39, 0.29) is 24.0 Å². The number of aryl methyl sites for hydroxylation is 1. The fourth-order valence-electron chi connectivity index (χ4n) is 2.90. The smallest absolute Gasteiger partial charge is 0.428 e. The summed E-state index contributed by atoms with van der Waals surface area (Å²) in [7, 11) is -1.62. The zero-order valence-electron chi connectivity index (χ0n) is 17.3. The van der Waals surface area contributed by atoms with Crippen LogP contribution in [0.1, 0.15) is 27.4 Å². The Labute approximate surface area is 189 Å². The minimum Gasteiger partial charge on any atom is -0.428 e. The number of anilines is 2. The Balaban J connectivity index is 2.00. The number of alkyl halides is 3. The highest BCUT2D eigenvalue weighted by Gasteiger charge is 2.31. The molecule has 1 heterocycles. The third-order valence-corrected chi connectivity index (χ3v) is 4.72. The van der Waals surface area contributed by atoms with Crippen molar-refractivity contribution in [2.45, 2.75) is 19.8 Å². The number of carbonyl (C=O) groups excluding carboxylic acids is 1. The van der Waals surface area contributed by atoms with Crippen LogP contribution in [0, 0.1) is 18.3 Å². The average molecular weight is 478 g/mol. The summed E-state index contributed by atoms with van der Waals surface area (Å²) in [5.41, 5.74) is 1.24. The molecule has 1 atom stereocenters. The maximum absolute atomic E-state index is 12.6. The summed E-state index contributed by atoms with van der Waals surface area (Å²) in [6.45, 7) is 1.50. The number of rotatable bonds is 7. The predicted octanol–water partition coefficient (Wildman–Crippen LogP) is 4.11. The summed E-state index contributed by atoms with van der Waals surface area (Å²) in [5.74, 6) is -0.946. The summed E-state index contributed by atoms with van der Waals surface area (Å²) >= 11 is 0. The Morgan fingerprint density at radius 1 is 1.27 bits per heavy atom. The van der Waals surface area contributed by atoms with E-state index >= 15 is 0 Å². The number of aromatic nitrogens is 1. The van der Waals surface area contributed by atoms with E-state index in [1.165, 1.54) is 36.3 Å². The quantitative estimate of drug-likeness (QED) is 0.544. The number of nitriles is 1. The summed E-state index contributed by atoms with van der Waals surface area (Å²) in [6, 6.07) is 13.7. The number of hydrogen-bond acceptors (Lipinski definition) is 7. The predicted molar refractivity (Wildman–Crippen MR) is 113 cm³/mol. The van der Waals surface area contributed by atoms with E-state index < -0.39 is 29.0 Å². The van der Waals surface area contributed by atoms with E-state index in [0.29, 0.717) is 16.8 Å². The van der Waals surface area contributed by atoms with Crippen molar-refractivity contribution >= 4 is 28.6 Å². The van der Waals surface area contributed by atoms with Gasteiger partial charge in [0.25, 0.3) is 5.91 Å². The highest BCUT2D eigenvalue weighted by Crippen LogP contribution is 2.30. The van der Waals surface area contributed by atoms with E-state index in [0.717, 1.165) is 0 Å². The van der Waals surface area contributed by atoms with Crippen LogP contribution >= 0.6 is 0 Å². The number of oxazole rings is 1. The largest absolute Gasteiger partial charge is 0.573 e. The van der Waals surface area contributed by atoms with E-state index in [4.69, 9.17) is 9.68 Å². The molecule has 0 aliphatic rings. The van der Waals surface area contributed by atoms with Crippen LogP contribution in [0.4, 0.5) is 24.9 Å². The monoisotopic (exact) mass is 478 g/mol. The molecule has 33 heavy (non-hydrogen) atoms. The van der Waals surface area contributed by atoms with E-state index in [2.05, 4.69) is 14.4 Å². The first-order valence-corrected chi connectivity index (χ1v) is 10.9. The van der Waals surface area contributed by atoms with Gasteiger partial charge >= 0.3 is 12.4 Å². The van der Waals surface area contributed by atoms with Gasteiger partial charge in [-0.3, -0.25) is 14.4 Å². The zero-order valence-corrected chi connectivity index (χ0v) is 18.2. The van der Waals surface area contributed by atoms with Crippen molar-refractivity contribution in [2.75, 3.05) is 11.2 Å². The Hall–Kier alpha value is -3.85. The fourth-order valence-corrected chi connectivity index (χ4v) is 3.25. The van der Waals surface area contributed by atoms with Crippen LogP contribution < -0.4 is 14.4 Å².